The van der Waals surface area contributed by atoms with Gasteiger partial charge in [0.2, 0.25) is 0 Å². The molecule has 0 fully saturated rings. The highest BCUT2D eigenvalue weighted by Crippen LogP contribution is 2.25. The van der Waals surface area contributed by atoms with Crippen molar-refractivity contribution in [3.8, 4) is 0 Å². The normalized spacial score (nSPS) is 11.6. The molecule has 0 bridgehead atoms. The number of aryl methyl sites for hydroxylation is 2. The minimum atomic E-state index is -3.81. The van der Waals surface area contributed by atoms with Gasteiger partial charge in [-0.3, -0.25) is 4.72 Å². The lowest BCUT2D eigenvalue weighted by molar-refractivity contribution is 0.598. The van der Waals surface area contributed by atoms with Crippen molar-refractivity contribution >= 4 is 38.9 Å². The SMILES string of the molecule is CCn1cc(S(=O)(=O)Nc2cnc(Cl)cc2Cl)nc1C. The van der Waals surface area contributed by atoms with Gasteiger partial charge in [-0.2, -0.15) is 8.42 Å². The van der Waals surface area contributed by atoms with Crippen LogP contribution in [-0.4, -0.2) is 23.0 Å². The highest BCUT2D eigenvalue weighted by molar-refractivity contribution is 7.92. The summed E-state index contributed by atoms with van der Waals surface area (Å²) in [5, 5.41) is 0.284. The van der Waals surface area contributed by atoms with Crippen molar-refractivity contribution in [1.82, 2.24) is 14.5 Å². The molecule has 2 heterocycles. The molecule has 0 saturated carbocycles. The molecule has 1 N–H and O–H groups in total. The van der Waals surface area contributed by atoms with Gasteiger partial charge < -0.3 is 4.57 Å². The topological polar surface area (TPSA) is 76.9 Å². The van der Waals surface area contributed by atoms with E-state index in [0.717, 1.165) is 0 Å². The van der Waals surface area contributed by atoms with Crippen LogP contribution in [0.25, 0.3) is 0 Å². The van der Waals surface area contributed by atoms with Crippen molar-refractivity contribution in [2.24, 2.45) is 0 Å². The molecule has 0 atom stereocenters. The molecule has 0 spiro atoms. The fourth-order valence-electron chi connectivity index (χ4n) is 1.61. The first-order valence-electron chi connectivity index (χ1n) is 5.71. The molecule has 0 unspecified atom stereocenters. The molecule has 0 radical (unpaired) electrons. The first kappa shape index (κ1) is 15.1. The first-order valence-corrected chi connectivity index (χ1v) is 7.95. The summed E-state index contributed by atoms with van der Waals surface area (Å²) in [5.74, 6) is 0.619. The van der Waals surface area contributed by atoms with Crippen molar-refractivity contribution in [2.45, 2.75) is 25.4 Å². The molecule has 0 aliphatic heterocycles. The smallest absolute Gasteiger partial charge is 0.281 e. The number of pyridine rings is 1. The molecule has 2 aromatic rings. The summed E-state index contributed by atoms with van der Waals surface area (Å²) < 4.78 is 28.5. The molecule has 9 heteroatoms. The third kappa shape index (κ3) is 3.05. The van der Waals surface area contributed by atoms with E-state index in [1.165, 1.54) is 18.5 Å². The third-order valence-electron chi connectivity index (χ3n) is 2.63. The maximum absolute atomic E-state index is 12.2. The molecule has 6 nitrogen and oxygen atoms in total. The number of anilines is 1. The first-order chi connectivity index (χ1) is 9.33. The van der Waals surface area contributed by atoms with E-state index in [4.69, 9.17) is 23.2 Å². The average molecular weight is 335 g/mol. The molecular formula is C11H12Cl2N4O2S. The van der Waals surface area contributed by atoms with Crippen LogP contribution in [0.3, 0.4) is 0 Å². The Bertz CT molecular complexity index is 743. The zero-order chi connectivity index (χ0) is 14.9. The van der Waals surface area contributed by atoms with Crippen LogP contribution in [-0.2, 0) is 16.6 Å². The van der Waals surface area contributed by atoms with Gasteiger partial charge in [0.15, 0.2) is 5.03 Å². The average Bonchev–Trinajstić information content (AvgIpc) is 2.75. The Morgan fingerprint density at radius 2 is 2.10 bits per heavy atom. The zero-order valence-corrected chi connectivity index (χ0v) is 13.1. The van der Waals surface area contributed by atoms with E-state index < -0.39 is 10.0 Å². The Morgan fingerprint density at radius 3 is 2.65 bits per heavy atom. The monoisotopic (exact) mass is 334 g/mol. The summed E-state index contributed by atoms with van der Waals surface area (Å²) in [6.45, 7) is 4.27. The van der Waals surface area contributed by atoms with Gasteiger partial charge in [-0.25, -0.2) is 9.97 Å². The number of imidazole rings is 1. The van der Waals surface area contributed by atoms with Crippen molar-refractivity contribution in [3.05, 3.63) is 34.5 Å². The van der Waals surface area contributed by atoms with Gasteiger partial charge in [-0.1, -0.05) is 23.2 Å². The van der Waals surface area contributed by atoms with Crippen LogP contribution in [0.15, 0.2) is 23.5 Å². The number of nitrogens with one attached hydrogen (secondary N) is 1. The van der Waals surface area contributed by atoms with Crippen LogP contribution in [0.1, 0.15) is 12.7 Å². The Balaban J connectivity index is 2.35. The second-order valence-electron chi connectivity index (χ2n) is 4.00. The van der Waals surface area contributed by atoms with Crippen LogP contribution in [0.4, 0.5) is 5.69 Å². The van der Waals surface area contributed by atoms with Gasteiger partial charge in [0, 0.05) is 12.7 Å². The van der Waals surface area contributed by atoms with E-state index in [9.17, 15) is 8.42 Å². The summed E-state index contributed by atoms with van der Waals surface area (Å²) in [6.07, 6.45) is 2.72. The number of sulfonamides is 1. The van der Waals surface area contributed by atoms with E-state index in [2.05, 4.69) is 14.7 Å². The number of rotatable bonds is 4. The number of nitrogens with zero attached hydrogens (tertiary/aromatic N) is 3. The minimum Gasteiger partial charge on any atom is -0.334 e. The van der Waals surface area contributed by atoms with Crippen molar-refractivity contribution in [1.29, 1.82) is 0 Å². The van der Waals surface area contributed by atoms with E-state index >= 15 is 0 Å². The molecule has 0 aliphatic rings. The van der Waals surface area contributed by atoms with Crippen LogP contribution in [0.5, 0.6) is 0 Å². The Hall–Kier alpha value is -1.31. The molecule has 108 valence electrons. The van der Waals surface area contributed by atoms with Gasteiger partial charge in [-0.15, -0.1) is 0 Å². The van der Waals surface area contributed by atoms with E-state index in [1.54, 1.807) is 11.5 Å². The molecule has 0 aliphatic carbocycles. The van der Waals surface area contributed by atoms with Crippen molar-refractivity contribution in [2.75, 3.05) is 4.72 Å². The predicted molar refractivity (Wildman–Crippen MR) is 77.7 cm³/mol. The lowest BCUT2D eigenvalue weighted by Gasteiger charge is -2.07. The quantitative estimate of drug-likeness (QED) is 0.872. The van der Waals surface area contributed by atoms with Crippen LogP contribution < -0.4 is 4.72 Å². The maximum atomic E-state index is 12.2. The fourth-order valence-corrected chi connectivity index (χ4v) is 3.15. The minimum absolute atomic E-state index is 0.0668. The number of halogens is 2. The number of aromatic nitrogens is 3. The van der Waals surface area contributed by atoms with Gasteiger partial charge in [-0.05, 0) is 19.9 Å². The highest BCUT2D eigenvalue weighted by Gasteiger charge is 2.20. The Morgan fingerprint density at radius 1 is 1.40 bits per heavy atom. The summed E-state index contributed by atoms with van der Waals surface area (Å²) in [6, 6.07) is 1.36. The van der Waals surface area contributed by atoms with Gasteiger partial charge in [0.1, 0.15) is 11.0 Å². The largest absolute Gasteiger partial charge is 0.334 e. The fraction of sp³-hybridized carbons (Fsp3) is 0.273. The summed E-state index contributed by atoms with van der Waals surface area (Å²) in [7, 11) is -3.81. The third-order valence-corrected chi connectivity index (χ3v) is 4.39. The standard InChI is InChI=1S/C11H12Cl2N4O2S/c1-3-17-6-11(15-7(17)2)20(18,19)16-9-5-14-10(13)4-8(9)12/h4-6,16H,3H2,1-2H3. The summed E-state index contributed by atoms with van der Waals surface area (Å²) in [4.78, 5) is 7.80. The second kappa shape index (κ2) is 5.59. The lowest BCUT2D eigenvalue weighted by Crippen LogP contribution is -2.14. The van der Waals surface area contributed by atoms with E-state index in [0.29, 0.717) is 12.4 Å². The van der Waals surface area contributed by atoms with Crippen molar-refractivity contribution in [3.63, 3.8) is 0 Å². The lowest BCUT2D eigenvalue weighted by atomic mass is 10.4. The van der Waals surface area contributed by atoms with Gasteiger partial charge in [0.05, 0.1) is 16.9 Å². The highest BCUT2D eigenvalue weighted by atomic mass is 35.5. The van der Waals surface area contributed by atoms with Gasteiger partial charge >= 0.3 is 0 Å². The van der Waals surface area contributed by atoms with Crippen molar-refractivity contribution < 1.29 is 8.42 Å². The molecule has 2 aromatic heterocycles. The molecule has 0 aromatic carbocycles. The second-order valence-corrected chi connectivity index (χ2v) is 6.43. The maximum Gasteiger partial charge on any atom is 0.281 e. The Kier molecular flexibility index (Phi) is 4.22. The molecule has 0 saturated heterocycles. The molecule has 0 amide bonds. The predicted octanol–water partition coefficient (Wildman–Crippen LogP) is 2.71. The number of hydrogen-bond acceptors (Lipinski definition) is 4. The summed E-state index contributed by atoms with van der Waals surface area (Å²) >= 11 is 11.6. The molecule has 2 rings (SSSR count). The Labute approximate surface area is 126 Å². The zero-order valence-electron chi connectivity index (χ0n) is 10.8. The number of hydrogen-bond donors (Lipinski definition) is 1. The van der Waals surface area contributed by atoms with Crippen LogP contribution >= 0.6 is 23.2 Å². The van der Waals surface area contributed by atoms with E-state index in [-0.39, 0.29) is 20.9 Å². The van der Waals surface area contributed by atoms with Crippen LogP contribution in [0, 0.1) is 6.92 Å². The molecule has 20 heavy (non-hydrogen) atoms. The van der Waals surface area contributed by atoms with E-state index in [1.807, 2.05) is 6.92 Å². The van der Waals surface area contributed by atoms with Crippen LogP contribution in [0.2, 0.25) is 10.2 Å². The molecular weight excluding hydrogens is 323 g/mol. The summed E-state index contributed by atoms with van der Waals surface area (Å²) in [5.41, 5.74) is 0.153. The van der Waals surface area contributed by atoms with Gasteiger partial charge in [0.25, 0.3) is 10.0 Å².